The maximum atomic E-state index is 12.3. The molecule has 3 rings (SSSR count). The molecule has 1 heterocycles. The minimum absolute atomic E-state index is 0.304. The van der Waals surface area contributed by atoms with E-state index >= 15 is 0 Å². The Balaban J connectivity index is 1.98. The van der Waals surface area contributed by atoms with E-state index in [0.717, 1.165) is 10.6 Å². The number of hydrogen-bond donors (Lipinski definition) is 2. The van der Waals surface area contributed by atoms with Crippen molar-refractivity contribution in [2.75, 3.05) is 21.2 Å². The van der Waals surface area contributed by atoms with Crippen LogP contribution in [0.5, 0.6) is 5.75 Å². The summed E-state index contributed by atoms with van der Waals surface area (Å²) in [5.41, 5.74) is 1.16. The normalized spacial score (nSPS) is 21.9. The number of hydrazine groups is 1. The van der Waals surface area contributed by atoms with Crippen molar-refractivity contribution in [3.8, 4) is 5.75 Å². The van der Waals surface area contributed by atoms with Gasteiger partial charge < -0.3 is 9.47 Å². The number of carbonyl (C=O) groups excluding carboxylic acids is 1. The maximum absolute atomic E-state index is 12.3. The molecule has 8 heteroatoms. The number of hydrogen-bond acceptors (Lipinski definition) is 6. The summed E-state index contributed by atoms with van der Waals surface area (Å²) in [5, 5.41) is 12.6. The molecule has 24 heavy (non-hydrogen) atoms. The number of benzene rings is 1. The molecule has 0 radical (unpaired) electrons. The van der Waals surface area contributed by atoms with E-state index in [1.54, 1.807) is 14.1 Å². The predicted octanol–water partition coefficient (Wildman–Crippen LogP) is 2.56. The molecule has 2 amide bonds. The Morgan fingerprint density at radius 2 is 2.17 bits per heavy atom. The standard InChI is InChI=1S/C16H19N3O4S/c1-18(2)17-15(20)19(21)16(22-3)10-6-8-12-14(16)24-13-9-5-4-7-11(13)23-12/h4-9,21H,10H2,1-3H3,(H,17,20). The number of urea groups is 1. The number of nitrogens with one attached hydrogen (secondary N) is 1. The molecule has 1 unspecified atom stereocenters. The number of para-hydroxylation sites is 1. The number of hydroxylamine groups is 2. The molecule has 2 aliphatic rings. The molecule has 1 aliphatic heterocycles. The third kappa shape index (κ3) is 2.78. The van der Waals surface area contributed by atoms with E-state index in [9.17, 15) is 10.0 Å². The van der Waals surface area contributed by atoms with Crippen molar-refractivity contribution in [1.29, 1.82) is 0 Å². The predicted molar refractivity (Wildman–Crippen MR) is 89.3 cm³/mol. The first-order chi connectivity index (χ1) is 11.5. The molecule has 2 N–H and O–H groups in total. The van der Waals surface area contributed by atoms with Gasteiger partial charge in [-0.2, -0.15) is 5.06 Å². The Morgan fingerprint density at radius 1 is 1.42 bits per heavy atom. The minimum atomic E-state index is -1.34. The fourth-order valence-corrected chi connectivity index (χ4v) is 3.79. The number of rotatable bonds is 3. The Hall–Kier alpha value is -2.00. The van der Waals surface area contributed by atoms with Crippen LogP contribution < -0.4 is 10.2 Å². The van der Waals surface area contributed by atoms with Crippen LogP contribution in [-0.4, -0.2) is 48.2 Å². The van der Waals surface area contributed by atoms with Crippen LogP contribution in [0.1, 0.15) is 6.42 Å². The minimum Gasteiger partial charge on any atom is -0.455 e. The van der Waals surface area contributed by atoms with Crippen LogP contribution in [-0.2, 0) is 4.74 Å². The van der Waals surface area contributed by atoms with E-state index in [4.69, 9.17) is 9.47 Å². The number of nitrogens with zero attached hydrogens (tertiary/aromatic N) is 2. The van der Waals surface area contributed by atoms with E-state index < -0.39 is 11.8 Å². The van der Waals surface area contributed by atoms with Crippen molar-refractivity contribution in [3.05, 3.63) is 47.1 Å². The lowest BCUT2D eigenvalue weighted by molar-refractivity contribution is -0.216. The molecule has 0 saturated carbocycles. The fraction of sp³-hybridized carbons (Fsp3) is 0.312. The van der Waals surface area contributed by atoms with E-state index in [1.165, 1.54) is 23.9 Å². The second-order valence-electron chi connectivity index (χ2n) is 5.56. The first kappa shape index (κ1) is 16.8. The lowest BCUT2D eigenvalue weighted by Gasteiger charge is -2.42. The number of fused-ring (bicyclic) bond motifs is 1. The highest BCUT2D eigenvalue weighted by molar-refractivity contribution is 8.03. The van der Waals surface area contributed by atoms with Crippen molar-refractivity contribution >= 4 is 17.8 Å². The zero-order chi connectivity index (χ0) is 17.3. The van der Waals surface area contributed by atoms with Crippen molar-refractivity contribution in [2.45, 2.75) is 17.0 Å². The van der Waals surface area contributed by atoms with Crippen molar-refractivity contribution in [3.63, 3.8) is 0 Å². The molecule has 0 spiro atoms. The summed E-state index contributed by atoms with van der Waals surface area (Å²) in [6.07, 6.45) is 3.94. The van der Waals surface area contributed by atoms with Crippen molar-refractivity contribution in [2.24, 2.45) is 0 Å². The second-order valence-corrected chi connectivity index (χ2v) is 6.61. The Bertz CT molecular complexity index is 719. The molecule has 1 aliphatic carbocycles. The molecule has 1 aromatic rings. The van der Waals surface area contributed by atoms with Gasteiger partial charge >= 0.3 is 6.03 Å². The van der Waals surface area contributed by atoms with Gasteiger partial charge in [-0.25, -0.2) is 9.80 Å². The molecule has 1 aromatic carbocycles. The molecule has 7 nitrogen and oxygen atoms in total. The SMILES string of the molecule is COC1(N(O)C(=O)NN(C)C)CC=CC2=C1Sc1ccccc1O2. The van der Waals surface area contributed by atoms with Crippen LogP contribution in [0.15, 0.2) is 52.0 Å². The van der Waals surface area contributed by atoms with Crippen molar-refractivity contribution < 1.29 is 19.5 Å². The average molecular weight is 349 g/mol. The van der Waals surface area contributed by atoms with Gasteiger partial charge in [0.15, 0.2) is 0 Å². The zero-order valence-corrected chi connectivity index (χ0v) is 14.5. The van der Waals surface area contributed by atoms with Gasteiger partial charge in [0, 0.05) is 27.6 Å². The quantitative estimate of drug-likeness (QED) is 0.496. The smallest absolute Gasteiger partial charge is 0.358 e. The Morgan fingerprint density at radius 3 is 2.88 bits per heavy atom. The van der Waals surface area contributed by atoms with Gasteiger partial charge in [0.05, 0.1) is 9.80 Å². The molecule has 0 bridgehead atoms. The fourth-order valence-electron chi connectivity index (χ4n) is 2.59. The lowest BCUT2D eigenvalue weighted by Crippen LogP contribution is -2.58. The summed E-state index contributed by atoms with van der Waals surface area (Å²) in [4.78, 5) is 13.8. The van der Waals surface area contributed by atoms with Gasteiger partial charge in [-0.3, -0.25) is 10.6 Å². The maximum Gasteiger partial charge on any atom is 0.358 e. The van der Waals surface area contributed by atoms with Crippen LogP contribution in [0.4, 0.5) is 4.79 Å². The third-order valence-corrected chi connectivity index (χ3v) is 5.00. The molecule has 0 aromatic heterocycles. The molecule has 0 fully saturated rings. The Labute approximate surface area is 144 Å². The molecule has 1 atom stereocenters. The summed E-state index contributed by atoms with van der Waals surface area (Å²) in [6.45, 7) is 0. The number of methoxy groups -OCH3 is 1. The molecular weight excluding hydrogens is 330 g/mol. The van der Waals surface area contributed by atoms with Gasteiger partial charge in [0.2, 0.25) is 5.72 Å². The highest BCUT2D eigenvalue weighted by Crippen LogP contribution is 2.50. The first-order valence-electron chi connectivity index (χ1n) is 7.36. The highest BCUT2D eigenvalue weighted by atomic mass is 32.2. The number of carbonyl (C=O) groups is 1. The van der Waals surface area contributed by atoms with E-state index in [-0.39, 0.29) is 0 Å². The average Bonchev–Trinajstić information content (AvgIpc) is 2.58. The van der Waals surface area contributed by atoms with Gasteiger partial charge in [-0.05, 0) is 18.2 Å². The summed E-state index contributed by atoms with van der Waals surface area (Å²) >= 11 is 1.42. The number of amides is 2. The monoisotopic (exact) mass is 349 g/mol. The first-order valence-corrected chi connectivity index (χ1v) is 8.18. The van der Waals surface area contributed by atoms with Crippen LogP contribution in [0.25, 0.3) is 0 Å². The van der Waals surface area contributed by atoms with Crippen LogP contribution >= 0.6 is 11.8 Å². The Kier molecular flexibility index (Phi) is 4.55. The third-order valence-electron chi connectivity index (χ3n) is 3.71. The van der Waals surface area contributed by atoms with Gasteiger partial charge in [0.25, 0.3) is 0 Å². The van der Waals surface area contributed by atoms with Crippen LogP contribution in [0.2, 0.25) is 0 Å². The van der Waals surface area contributed by atoms with E-state index in [1.807, 2.05) is 36.4 Å². The molecular formula is C16H19N3O4S. The van der Waals surface area contributed by atoms with Crippen LogP contribution in [0.3, 0.4) is 0 Å². The second kappa shape index (κ2) is 6.48. The van der Waals surface area contributed by atoms with E-state index in [2.05, 4.69) is 5.43 Å². The van der Waals surface area contributed by atoms with Gasteiger partial charge in [-0.15, -0.1) is 0 Å². The van der Waals surface area contributed by atoms with Crippen LogP contribution in [0, 0.1) is 0 Å². The topological polar surface area (TPSA) is 74.3 Å². The van der Waals surface area contributed by atoms with Gasteiger partial charge in [-0.1, -0.05) is 30.0 Å². The lowest BCUT2D eigenvalue weighted by atomic mass is 10.0. The number of ether oxygens (including phenoxy) is 2. The number of thioether (sulfide) groups is 1. The van der Waals surface area contributed by atoms with E-state index in [0.29, 0.717) is 22.1 Å². The summed E-state index contributed by atoms with van der Waals surface area (Å²) in [5.74, 6) is 1.29. The zero-order valence-electron chi connectivity index (χ0n) is 13.6. The molecule has 0 saturated heterocycles. The highest BCUT2D eigenvalue weighted by Gasteiger charge is 2.48. The van der Waals surface area contributed by atoms with Gasteiger partial charge in [0.1, 0.15) is 11.5 Å². The largest absolute Gasteiger partial charge is 0.455 e. The summed E-state index contributed by atoms with van der Waals surface area (Å²) in [7, 11) is 4.77. The van der Waals surface area contributed by atoms with Crippen molar-refractivity contribution in [1.82, 2.24) is 15.5 Å². The summed E-state index contributed by atoms with van der Waals surface area (Å²) in [6, 6.07) is 6.90. The number of allylic oxidation sites excluding steroid dienone is 1. The molecule has 128 valence electrons. The summed E-state index contributed by atoms with van der Waals surface area (Å²) < 4.78 is 11.5.